The van der Waals surface area contributed by atoms with Crippen LogP contribution in [-0.4, -0.2) is 79.0 Å². The monoisotopic (exact) mass is 404 g/mol. The van der Waals surface area contributed by atoms with Crippen molar-refractivity contribution in [3.8, 4) is 0 Å². The summed E-state index contributed by atoms with van der Waals surface area (Å²) in [5.74, 6) is -1.86. The smallest absolute Gasteiger partial charge is 0.317 e. The number of hydrogen-bond acceptors (Lipinski definition) is 8. The highest BCUT2D eigenvalue weighted by atomic mass is 16.4. The zero-order chi connectivity index (χ0) is 21.5. The van der Waals surface area contributed by atoms with Crippen LogP contribution in [0.25, 0.3) is 0 Å². The van der Waals surface area contributed by atoms with Gasteiger partial charge in [0.2, 0.25) is 0 Å². The number of aliphatic carboxylic acids is 2. The van der Waals surface area contributed by atoms with E-state index in [1.165, 1.54) is 0 Å². The van der Waals surface area contributed by atoms with Crippen LogP contribution in [0.2, 0.25) is 0 Å². The molecule has 0 saturated carbocycles. The van der Waals surface area contributed by atoms with E-state index in [1.807, 2.05) is 14.0 Å². The highest BCUT2D eigenvalue weighted by molar-refractivity contribution is 5.69. The normalized spacial score (nSPS) is 16.9. The van der Waals surface area contributed by atoms with E-state index in [2.05, 4.69) is 16.0 Å². The summed E-state index contributed by atoms with van der Waals surface area (Å²) in [7, 11) is 1.86. The van der Waals surface area contributed by atoms with Gasteiger partial charge in [0.25, 0.3) is 0 Å². The van der Waals surface area contributed by atoms with Crippen LogP contribution in [0, 0.1) is 0 Å². The SMILES string of the molecule is CCC(N)CC(CC(N)CC(CC(N)CCNC)NCC(=O)O)NCC(=O)O. The van der Waals surface area contributed by atoms with Crippen LogP contribution in [0.5, 0.6) is 0 Å². The van der Waals surface area contributed by atoms with Crippen LogP contribution in [0.3, 0.4) is 0 Å². The first-order valence-electron chi connectivity index (χ1n) is 9.99. The van der Waals surface area contributed by atoms with Crippen LogP contribution in [0.1, 0.15) is 45.4 Å². The molecule has 0 spiro atoms. The second-order valence-corrected chi connectivity index (χ2v) is 7.47. The van der Waals surface area contributed by atoms with Gasteiger partial charge in [-0.05, 0) is 52.1 Å². The van der Waals surface area contributed by atoms with Gasteiger partial charge in [-0.3, -0.25) is 9.59 Å². The van der Waals surface area contributed by atoms with Crippen molar-refractivity contribution >= 4 is 11.9 Å². The summed E-state index contributed by atoms with van der Waals surface area (Å²) in [5, 5.41) is 26.9. The van der Waals surface area contributed by atoms with Crippen LogP contribution >= 0.6 is 0 Å². The molecule has 0 radical (unpaired) electrons. The lowest BCUT2D eigenvalue weighted by molar-refractivity contribution is -0.137. The second kappa shape index (κ2) is 15.6. The van der Waals surface area contributed by atoms with Crippen LogP contribution in [0.15, 0.2) is 0 Å². The Labute approximate surface area is 168 Å². The number of rotatable bonds is 18. The molecule has 0 heterocycles. The third-order valence-electron chi connectivity index (χ3n) is 4.72. The number of carbonyl (C=O) groups is 2. The van der Waals surface area contributed by atoms with Crippen molar-refractivity contribution in [2.24, 2.45) is 17.2 Å². The van der Waals surface area contributed by atoms with Gasteiger partial charge in [-0.15, -0.1) is 0 Å². The molecule has 0 amide bonds. The summed E-state index contributed by atoms with van der Waals surface area (Å²) < 4.78 is 0. The fraction of sp³-hybridized carbons (Fsp3) is 0.889. The third kappa shape index (κ3) is 14.7. The lowest BCUT2D eigenvalue weighted by Gasteiger charge is -2.28. The van der Waals surface area contributed by atoms with E-state index in [1.54, 1.807) is 0 Å². The first-order chi connectivity index (χ1) is 13.2. The molecule has 0 bridgehead atoms. The van der Waals surface area contributed by atoms with Gasteiger partial charge in [-0.1, -0.05) is 6.92 Å². The average molecular weight is 405 g/mol. The minimum Gasteiger partial charge on any atom is -0.480 e. The summed E-state index contributed by atoms with van der Waals surface area (Å²) in [6.07, 6.45) is 3.93. The van der Waals surface area contributed by atoms with Crippen LogP contribution < -0.4 is 33.2 Å². The summed E-state index contributed by atoms with van der Waals surface area (Å²) in [5.41, 5.74) is 18.5. The molecule has 166 valence electrons. The molecule has 0 fully saturated rings. The van der Waals surface area contributed by atoms with E-state index in [0.29, 0.717) is 25.7 Å². The molecule has 0 aromatic carbocycles. The maximum atomic E-state index is 10.9. The number of carboxylic acid groups (broad SMARTS) is 2. The molecule has 0 aliphatic heterocycles. The Kier molecular flexibility index (Phi) is 14.9. The van der Waals surface area contributed by atoms with Gasteiger partial charge in [-0.25, -0.2) is 0 Å². The van der Waals surface area contributed by atoms with Crippen molar-refractivity contribution in [1.82, 2.24) is 16.0 Å². The first kappa shape index (κ1) is 26.7. The van der Waals surface area contributed by atoms with Crippen LogP contribution in [0.4, 0.5) is 0 Å². The van der Waals surface area contributed by atoms with E-state index in [-0.39, 0.29) is 43.3 Å². The molecule has 10 nitrogen and oxygen atoms in total. The molecule has 0 aromatic heterocycles. The molecule has 0 aliphatic rings. The minimum atomic E-state index is -0.933. The lowest BCUT2D eigenvalue weighted by atomic mass is 9.93. The molecular weight excluding hydrogens is 364 g/mol. The van der Waals surface area contributed by atoms with Crippen molar-refractivity contribution in [2.75, 3.05) is 26.7 Å². The van der Waals surface area contributed by atoms with Gasteiger partial charge in [-0.2, -0.15) is 0 Å². The van der Waals surface area contributed by atoms with Gasteiger partial charge < -0.3 is 43.4 Å². The van der Waals surface area contributed by atoms with Crippen LogP contribution in [-0.2, 0) is 9.59 Å². The van der Waals surface area contributed by atoms with E-state index in [9.17, 15) is 9.59 Å². The van der Waals surface area contributed by atoms with E-state index < -0.39 is 11.9 Å². The number of nitrogens with one attached hydrogen (secondary N) is 3. The Balaban J connectivity index is 4.78. The Hall–Kier alpha value is -1.30. The van der Waals surface area contributed by atoms with Crippen molar-refractivity contribution in [2.45, 2.75) is 75.7 Å². The van der Waals surface area contributed by atoms with Gasteiger partial charge in [0.1, 0.15) is 0 Å². The average Bonchev–Trinajstić information content (AvgIpc) is 2.62. The summed E-state index contributed by atoms with van der Waals surface area (Å²) in [6, 6.07) is -0.579. The predicted molar refractivity (Wildman–Crippen MR) is 110 cm³/mol. The van der Waals surface area contributed by atoms with Gasteiger partial charge in [0.15, 0.2) is 0 Å². The molecule has 5 atom stereocenters. The Morgan fingerprint density at radius 2 is 1.25 bits per heavy atom. The lowest BCUT2D eigenvalue weighted by Crippen LogP contribution is -2.46. The van der Waals surface area contributed by atoms with Gasteiger partial charge >= 0.3 is 11.9 Å². The highest BCUT2D eigenvalue weighted by Crippen LogP contribution is 2.12. The van der Waals surface area contributed by atoms with Crippen molar-refractivity contribution in [3.05, 3.63) is 0 Å². The quantitative estimate of drug-likeness (QED) is 0.135. The highest BCUT2D eigenvalue weighted by Gasteiger charge is 2.21. The summed E-state index contributed by atoms with van der Waals surface area (Å²) >= 11 is 0. The molecule has 10 heteroatoms. The molecule has 5 unspecified atom stereocenters. The number of nitrogens with two attached hydrogens (primary N) is 3. The molecule has 11 N–H and O–H groups in total. The molecular formula is C18H40N6O4. The second-order valence-electron chi connectivity index (χ2n) is 7.47. The molecule has 28 heavy (non-hydrogen) atoms. The fourth-order valence-electron chi connectivity index (χ4n) is 3.16. The Bertz CT molecular complexity index is 440. The van der Waals surface area contributed by atoms with E-state index >= 15 is 0 Å². The van der Waals surface area contributed by atoms with Gasteiger partial charge in [0, 0.05) is 30.2 Å². The summed E-state index contributed by atoms with van der Waals surface area (Å²) in [4.78, 5) is 21.8. The zero-order valence-electron chi connectivity index (χ0n) is 17.2. The summed E-state index contributed by atoms with van der Waals surface area (Å²) in [6.45, 7) is 2.47. The topological polar surface area (TPSA) is 189 Å². The first-order valence-corrected chi connectivity index (χ1v) is 9.99. The molecule has 0 aliphatic carbocycles. The predicted octanol–water partition coefficient (Wildman–Crippen LogP) is -1.37. The third-order valence-corrected chi connectivity index (χ3v) is 4.72. The number of hydrogen-bond donors (Lipinski definition) is 8. The fourth-order valence-corrected chi connectivity index (χ4v) is 3.16. The molecule has 0 aromatic rings. The standard InChI is InChI=1S/C18H40N6O4/c1-3-12(19)6-15(23-10-17(25)26)8-14(21)9-16(24-11-18(27)28)7-13(20)4-5-22-2/h12-16,22-24H,3-11,19-21H2,1-2H3,(H,25,26)(H,27,28). The van der Waals surface area contributed by atoms with E-state index in [4.69, 9.17) is 27.4 Å². The van der Waals surface area contributed by atoms with Crippen molar-refractivity contribution in [3.63, 3.8) is 0 Å². The largest absolute Gasteiger partial charge is 0.480 e. The Morgan fingerprint density at radius 3 is 1.64 bits per heavy atom. The van der Waals surface area contributed by atoms with Crippen molar-refractivity contribution in [1.29, 1.82) is 0 Å². The molecule has 0 saturated heterocycles. The maximum Gasteiger partial charge on any atom is 0.317 e. The minimum absolute atomic E-state index is 0.0330. The molecule has 0 rings (SSSR count). The Morgan fingerprint density at radius 1 is 0.821 bits per heavy atom. The maximum absolute atomic E-state index is 10.9. The van der Waals surface area contributed by atoms with E-state index in [0.717, 1.165) is 19.4 Å². The van der Waals surface area contributed by atoms with Crippen molar-refractivity contribution < 1.29 is 19.8 Å². The number of carboxylic acids is 2. The zero-order valence-corrected chi connectivity index (χ0v) is 17.2. The van der Waals surface area contributed by atoms with Gasteiger partial charge in [0.05, 0.1) is 13.1 Å².